The van der Waals surface area contributed by atoms with Gasteiger partial charge >= 0.3 is 0 Å². The maximum atomic E-state index is 6.25. The average Bonchev–Trinajstić information content (AvgIpc) is 2.82. The van der Waals surface area contributed by atoms with E-state index in [1.54, 1.807) is 6.20 Å². The summed E-state index contributed by atoms with van der Waals surface area (Å²) in [5.74, 6) is 0. The lowest BCUT2D eigenvalue weighted by atomic mass is 10.1. The van der Waals surface area contributed by atoms with Crippen LogP contribution in [-0.4, -0.2) is 15.2 Å². The molecular weight excluding hydrogens is 236 g/mol. The number of nitrogen functional groups attached to an aromatic ring is 1. The number of rotatable bonds is 1. The van der Waals surface area contributed by atoms with E-state index in [9.17, 15) is 0 Å². The molecule has 3 aromatic rings. The third kappa shape index (κ3) is 1.41. The monoisotopic (exact) mass is 246 g/mol. The first-order valence-corrected chi connectivity index (χ1v) is 5.62. The van der Waals surface area contributed by atoms with Crippen molar-refractivity contribution in [2.75, 3.05) is 5.73 Å². The summed E-state index contributed by atoms with van der Waals surface area (Å²) in [7, 11) is 0. The van der Waals surface area contributed by atoms with Crippen molar-refractivity contribution in [3.8, 4) is 11.3 Å². The predicted octanol–water partition coefficient (Wildman–Crippen LogP) is 3.10. The first-order chi connectivity index (χ1) is 8.18. The fourth-order valence-corrected chi connectivity index (χ4v) is 2.41. The van der Waals surface area contributed by atoms with Crippen molar-refractivity contribution in [2.24, 2.45) is 0 Å². The van der Waals surface area contributed by atoms with Gasteiger partial charge in [0.1, 0.15) is 0 Å². The minimum atomic E-state index is 0.619. The highest BCUT2D eigenvalue weighted by Crippen LogP contribution is 2.37. The molecule has 0 saturated heterocycles. The molecule has 3 rings (SSSR count). The van der Waals surface area contributed by atoms with Gasteiger partial charge in [0.05, 0.1) is 22.6 Å². The Bertz CT molecular complexity index is 696. The molecule has 5 heteroatoms. The topological polar surface area (TPSA) is 70.5 Å². The molecule has 0 fully saturated rings. The summed E-state index contributed by atoms with van der Waals surface area (Å²) in [4.78, 5) is 3.30. The van der Waals surface area contributed by atoms with Gasteiger partial charge in [-0.25, -0.2) is 0 Å². The lowest BCUT2D eigenvalue weighted by Crippen LogP contribution is -1.87. The summed E-state index contributed by atoms with van der Waals surface area (Å²) in [5, 5.41) is 8.54. The van der Waals surface area contributed by atoms with Crippen LogP contribution in [0.1, 0.15) is 5.69 Å². The van der Waals surface area contributed by atoms with Crippen LogP contribution in [0.2, 0.25) is 5.02 Å². The van der Waals surface area contributed by atoms with Crippen molar-refractivity contribution < 1.29 is 0 Å². The first-order valence-electron chi connectivity index (χ1n) is 5.24. The SMILES string of the molecule is Cc1[nH]c2cccc(Cl)c2c1-c1[nH]ncc1N. The van der Waals surface area contributed by atoms with Crippen LogP contribution in [-0.2, 0) is 0 Å². The predicted molar refractivity (Wildman–Crippen MR) is 70.0 cm³/mol. The second-order valence-electron chi connectivity index (χ2n) is 3.99. The molecule has 0 aliphatic carbocycles. The van der Waals surface area contributed by atoms with E-state index in [1.165, 1.54) is 0 Å². The van der Waals surface area contributed by atoms with E-state index < -0.39 is 0 Å². The second kappa shape index (κ2) is 3.53. The summed E-state index contributed by atoms with van der Waals surface area (Å²) in [6.45, 7) is 1.99. The van der Waals surface area contributed by atoms with Crippen LogP contribution in [0.3, 0.4) is 0 Å². The zero-order valence-electron chi connectivity index (χ0n) is 9.21. The normalized spacial score (nSPS) is 11.2. The summed E-state index contributed by atoms with van der Waals surface area (Å²) in [6.07, 6.45) is 1.60. The smallest absolute Gasteiger partial charge is 0.0904 e. The average molecular weight is 247 g/mol. The number of benzene rings is 1. The van der Waals surface area contributed by atoms with Crippen LogP contribution < -0.4 is 5.73 Å². The Kier molecular flexibility index (Phi) is 2.12. The standard InChI is InChI=1S/C12H11ClN4/c1-6-10(12-8(14)5-15-17-12)11-7(13)3-2-4-9(11)16-6/h2-5,16H,14H2,1H3,(H,15,17). The van der Waals surface area contributed by atoms with Crippen molar-refractivity contribution in [2.45, 2.75) is 6.92 Å². The highest BCUT2D eigenvalue weighted by atomic mass is 35.5. The van der Waals surface area contributed by atoms with Crippen molar-refractivity contribution in [3.63, 3.8) is 0 Å². The molecule has 2 aromatic heterocycles. The molecule has 0 amide bonds. The number of hydrogen-bond acceptors (Lipinski definition) is 2. The molecule has 4 N–H and O–H groups in total. The Morgan fingerprint density at radius 1 is 1.35 bits per heavy atom. The molecule has 17 heavy (non-hydrogen) atoms. The Balaban J connectivity index is 2.44. The van der Waals surface area contributed by atoms with E-state index in [-0.39, 0.29) is 0 Å². The van der Waals surface area contributed by atoms with Gasteiger partial charge in [-0.1, -0.05) is 17.7 Å². The van der Waals surface area contributed by atoms with Gasteiger partial charge in [0.2, 0.25) is 0 Å². The zero-order chi connectivity index (χ0) is 12.0. The number of fused-ring (bicyclic) bond motifs is 1. The molecule has 0 aliphatic rings. The molecule has 4 nitrogen and oxygen atoms in total. The number of nitrogens with two attached hydrogens (primary N) is 1. The third-order valence-corrected chi connectivity index (χ3v) is 3.19. The lowest BCUT2D eigenvalue weighted by Gasteiger charge is -2.01. The number of nitrogens with zero attached hydrogens (tertiary/aromatic N) is 1. The molecule has 2 heterocycles. The fraction of sp³-hybridized carbons (Fsp3) is 0.0833. The van der Waals surface area contributed by atoms with Crippen LogP contribution in [0.5, 0.6) is 0 Å². The van der Waals surface area contributed by atoms with E-state index in [0.29, 0.717) is 10.7 Å². The molecule has 0 unspecified atom stereocenters. The molecule has 0 saturated carbocycles. The molecule has 86 valence electrons. The van der Waals surface area contributed by atoms with Gasteiger partial charge in [-0.05, 0) is 19.1 Å². The molecule has 0 spiro atoms. The first kappa shape index (κ1) is 10.2. The highest BCUT2D eigenvalue weighted by molar-refractivity contribution is 6.36. The van der Waals surface area contributed by atoms with Crippen LogP contribution in [0.4, 0.5) is 5.69 Å². The second-order valence-corrected chi connectivity index (χ2v) is 4.39. The number of nitrogens with one attached hydrogen (secondary N) is 2. The third-order valence-electron chi connectivity index (χ3n) is 2.88. The van der Waals surface area contributed by atoms with Gasteiger partial charge < -0.3 is 10.7 Å². The molecule has 0 atom stereocenters. The minimum Gasteiger partial charge on any atom is -0.396 e. The van der Waals surface area contributed by atoms with Gasteiger partial charge in [0.15, 0.2) is 0 Å². The Morgan fingerprint density at radius 2 is 2.18 bits per heavy atom. The van der Waals surface area contributed by atoms with Crippen molar-refractivity contribution in [1.82, 2.24) is 15.2 Å². The summed E-state index contributed by atoms with van der Waals surface area (Å²) in [6, 6.07) is 5.78. The number of aromatic amines is 2. The van der Waals surface area contributed by atoms with Crippen molar-refractivity contribution in [1.29, 1.82) is 0 Å². The van der Waals surface area contributed by atoms with Gasteiger partial charge in [-0.3, -0.25) is 5.10 Å². The van der Waals surface area contributed by atoms with Crippen LogP contribution in [0, 0.1) is 6.92 Å². The minimum absolute atomic E-state index is 0.619. The highest BCUT2D eigenvalue weighted by Gasteiger charge is 2.16. The van der Waals surface area contributed by atoms with E-state index in [4.69, 9.17) is 17.3 Å². The van der Waals surface area contributed by atoms with E-state index in [2.05, 4.69) is 15.2 Å². The summed E-state index contributed by atoms with van der Waals surface area (Å²) >= 11 is 6.25. The quantitative estimate of drug-likeness (QED) is 0.617. The van der Waals surface area contributed by atoms with E-state index >= 15 is 0 Å². The molecular formula is C12H11ClN4. The van der Waals surface area contributed by atoms with Crippen molar-refractivity contribution in [3.05, 3.63) is 35.1 Å². The van der Waals surface area contributed by atoms with Gasteiger partial charge in [-0.15, -0.1) is 0 Å². The molecule has 0 radical (unpaired) electrons. The van der Waals surface area contributed by atoms with Gasteiger partial charge in [-0.2, -0.15) is 5.10 Å². The van der Waals surface area contributed by atoms with Gasteiger partial charge in [0, 0.05) is 22.2 Å². The van der Waals surface area contributed by atoms with Crippen LogP contribution in [0.15, 0.2) is 24.4 Å². The van der Waals surface area contributed by atoms with Crippen LogP contribution >= 0.6 is 11.6 Å². The molecule has 0 bridgehead atoms. The summed E-state index contributed by atoms with van der Waals surface area (Å²) in [5.41, 5.74) is 10.3. The van der Waals surface area contributed by atoms with E-state index in [1.807, 2.05) is 25.1 Å². The number of anilines is 1. The summed E-state index contributed by atoms with van der Waals surface area (Å²) < 4.78 is 0. The Labute approximate surface area is 103 Å². The number of H-pyrrole nitrogens is 2. The number of aryl methyl sites for hydroxylation is 1. The maximum absolute atomic E-state index is 6.25. The number of aromatic nitrogens is 3. The number of halogens is 1. The molecule has 1 aromatic carbocycles. The lowest BCUT2D eigenvalue weighted by molar-refractivity contribution is 1.09. The zero-order valence-corrected chi connectivity index (χ0v) is 9.97. The Hall–Kier alpha value is -1.94. The van der Waals surface area contributed by atoms with Gasteiger partial charge in [0.25, 0.3) is 0 Å². The Morgan fingerprint density at radius 3 is 2.88 bits per heavy atom. The maximum Gasteiger partial charge on any atom is 0.0904 e. The molecule has 0 aliphatic heterocycles. The largest absolute Gasteiger partial charge is 0.396 e. The number of hydrogen-bond donors (Lipinski definition) is 3. The van der Waals surface area contributed by atoms with E-state index in [0.717, 1.165) is 27.9 Å². The fourth-order valence-electron chi connectivity index (χ4n) is 2.14. The van der Waals surface area contributed by atoms with Crippen molar-refractivity contribution >= 4 is 28.2 Å². The van der Waals surface area contributed by atoms with Crippen LogP contribution in [0.25, 0.3) is 22.2 Å².